The summed E-state index contributed by atoms with van der Waals surface area (Å²) in [5.74, 6) is 0. The predicted octanol–water partition coefficient (Wildman–Crippen LogP) is 2.48. The van der Waals surface area contributed by atoms with Crippen molar-refractivity contribution in [1.82, 2.24) is 4.90 Å². The largest absolute Gasteiger partial charge is 0.465 e. The van der Waals surface area contributed by atoms with Gasteiger partial charge in [0.25, 0.3) is 0 Å². The van der Waals surface area contributed by atoms with Crippen LogP contribution in [0.25, 0.3) is 4.85 Å². The van der Waals surface area contributed by atoms with Crippen molar-refractivity contribution < 1.29 is 9.90 Å². The molecule has 0 aliphatic carbocycles. The Hall–Kier alpha value is -2.02. The van der Waals surface area contributed by atoms with E-state index in [4.69, 9.17) is 11.7 Å². The van der Waals surface area contributed by atoms with Crippen LogP contribution in [0.3, 0.4) is 0 Å². The summed E-state index contributed by atoms with van der Waals surface area (Å²) >= 11 is 0. The second-order valence-electron chi connectivity index (χ2n) is 3.43. The quantitative estimate of drug-likeness (QED) is 0.609. The lowest BCUT2D eigenvalue weighted by atomic mass is 10.2. The lowest BCUT2D eigenvalue weighted by Gasteiger charge is -2.17. The molecule has 0 fully saturated rings. The molecule has 0 radical (unpaired) electrons. The average Bonchev–Trinajstić information content (AvgIpc) is 2.29. The fourth-order valence-corrected chi connectivity index (χ4v) is 1.39. The minimum Gasteiger partial charge on any atom is -0.465 e. The first-order valence-corrected chi connectivity index (χ1v) is 5.09. The van der Waals surface area contributed by atoms with Gasteiger partial charge in [-0.1, -0.05) is 30.3 Å². The van der Waals surface area contributed by atoms with Gasteiger partial charge in [-0.2, -0.15) is 0 Å². The summed E-state index contributed by atoms with van der Waals surface area (Å²) in [5, 5.41) is 8.98. The monoisotopic (exact) mass is 218 g/mol. The van der Waals surface area contributed by atoms with E-state index in [9.17, 15) is 4.79 Å². The van der Waals surface area contributed by atoms with Crippen LogP contribution in [-0.2, 0) is 6.54 Å². The zero-order chi connectivity index (χ0) is 11.8. The average molecular weight is 218 g/mol. The molecule has 84 valence electrons. The van der Waals surface area contributed by atoms with E-state index < -0.39 is 6.09 Å². The van der Waals surface area contributed by atoms with Crippen LogP contribution in [-0.4, -0.2) is 29.2 Å². The highest BCUT2D eigenvalue weighted by molar-refractivity contribution is 5.64. The van der Waals surface area contributed by atoms with Gasteiger partial charge in [-0.15, -0.1) is 0 Å². The molecule has 1 N–H and O–H groups in total. The fourth-order valence-electron chi connectivity index (χ4n) is 1.39. The van der Waals surface area contributed by atoms with Crippen molar-refractivity contribution in [3.63, 3.8) is 0 Å². The van der Waals surface area contributed by atoms with E-state index >= 15 is 0 Å². The maximum absolute atomic E-state index is 10.9. The van der Waals surface area contributed by atoms with Gasteiger partial charge in [0, 0.05) is 19.5 Å². The highest BCUT2D eigenvalue weighted by Crippen LogP contribution is 2.05. The van der Waals surface area contributed by atoms with Gasteiger partial charge in [-0.25, -0.2) is 11.4 Å². The maximum Gasteiger partial charge on any atom is 0.407 e. The van der Waals surface area contributed by atoms with Gasteiger partial charge in [0.15, 0.2) is 0 Å². The van der Waals surface area contributed by atoms with Crippen LogP contribution >= 0.6 is 0 Å². The molecule has 1 aromatic carbocycles. The van der Waals surface area contributed by atoms with Crippen LogP contribution in [0.1, 0.15) is 12.0 Å². The molecule has 0 aliphatic heterocycles. The predicted molar refractivity (Wildman–Crippen MR) is 61.0 cm³/mol. The Morgan fingerprint density at radius 2 is 2.06 bits per heavy atom. The van der Waals surface area contributed by atoms with Crippen molar-refractivity contribution in [2.45, 2.75) is 13.0 Å². The third-order valence-electron chi connectivity index (χ3n) is 2.18. The van der Waals surface area contributed by atoms with Crippen LogP contribution in [0.4, 0.5) is 4.79 Å². The fraction of sp³-hybridized carbons (Fsp3) is 0.333. The van der Waals surface area contributed by atoms with E-state index in [0.29, 0.717) is 26.1 Å². The number of rotatable bonds is 5. The Balaban J connectivity index is 2.52. The molecule has 0 aromatic heterocycles. The molecule has 0 aliphatic rings. The number of amides is 1. The maximum atomic E-state index is 10.9. The minimum absolute atomic E-state index is 0.374. The number of benzene rings is 1. The first-order chi connectivity index (χ1) is 7.74. The molecule has 1 aromatic rings. The Bertz CT molecular complexity index is 370. The lowest BCUT2D eigenvalue weighted by molar-refractivity contribution is 0.142. The van der Waals surface area contributed by atoms with E-state index in [1.807, 2.05) is 30.3 Å². The molecule has 4 heteroatoms. The summed E-state index contributed by atoms with van der Waals surface area (Å²) in [6.07, 6.45) is -0.350. The van der Waals surface area contributed by atoms with Crippen molar-refractivity contribution in [1.29, 1.82) is 0 Å². The van der Waals surface area contributed by atoms with Crippen molar-refractivity contribution in [2.24, 2.45) is 0 Å². The minimum atomic E-state index is -0.936. The molecule has 16 heavy (non-hydrogen) atoms. The molecule has 1 amide bonds. The summed E-state index contributed by atoms with van der Waals surface area (Å²) in [4.78, 5) is 15.5. The van der Waals surface area contributed by atoms with Crippen LogP contribution in [0.2, 0.25) is 0 Å². The van der Waals surface area contributed by atoms with Crippen molar-refractivity contribution in [3.8, 4) is 0 Å². The highest BCUT2D eigenvalue weighted by Gasteiger charge is 2.11. The second kappa shape index (κ2) is 6.46. The zero-order valence-corrected chi connectivity index (χ0v) is 8.97. The van der Waals surface area contributed by atoms with Gasteiger partial charge >= 0.3 is 6.09 Å². The second-order valence-corrected chi connectivity index (χ2v) is 3.43. The Morgan fingerprint density at radius 1 is 1.38 bits per heavy atom. The number of hydrogen-bond donors (Lipinski definition) is 1. The van der Waals surface area contributed by atoms with Gasteiger partial charge < -0.3 is 14.9 Å². The molecule has 4 nitrogen and oxygen atoms in total. The van der Waals surface area contributed by atoms with Crippen molar-refractivity contribution in [2.75, 3.05) is 13.1 Å². The molecule has 0 spiro atoms. The van der Waals surface area contributed by atoms with Crippen LogP contribution in [0, 0.1) is 6.57 Å². The normalized spacial score (nSPS) is 9.44. The van der Waals surface area contributed by atoms with Gasteiger partial charge in [0.05, 0.1) is 0 Å². The molecule has 0 saturated heterocycles. The van der Waals surface area contributed by atoms with Gasteiger partial charge in [0.2, 0.25) is 6.54 Å². The van der Waals surface area contributed by atoms with E-state index in [2.05, 4.69) is 4.85 Å². The Labute approximate surface area is 94.9 Å². The third kappa shape index (κ3) is 4.01. The molecule has 0 unspecified atom stereocenters. The van der Waals surface area contributed by atoms with Crippen LogP contribution < -0.4 is 0 Å². The topological polar surface area (TPSA) is 44.9 Å². The van der Waals surface area contributed by atoms with Gasteiger partial charge in [-0.05, 0) is 5.56 Å². The third-order valence-corrected chi connectivity index (χ3v) is 2.18. The van der Waals surface area contributed by atoms with Crippen molar-refractivity contribution >= 4 is 6.09 Å². The van der Waals surface area contributed by atoms with E-state index in [1.54, 1.807) is 0 Å². The smallest absolute Gasteiger partial charge is 0.407 e. The van der Waals surface area contributed by atoms with Gasteiger partial charge in [-0.3, -0.25) is 0 Å². The molecule has 0 saturated carbocycles. The Kier molecular flexibility index (Phi) is 4.87. The van der Waals surface area contributed by atoms with E-state index in [0.717, 1.165) is 5.56 Å². The number of carboxylic acid groups (broad SMARTS) is 1. The van der Waals surface area contributed by atoms with Gasteiger partial charge in [0.1, 0.15) is 0 Å². The van der Waals surface area contributed by atoms with E-state index in [1.165, 1.54) is 4.90 Å². The molecular formula is C12H14N2O2. The SMILES string of the molecule is [C-]#[N+]CCCN(Cc1ccccc1)C(=O)O. The summed E-state index contributed by atoms with van der Waals surface area (Å²) in [7, 11) is 0. The lowest BCUT2D eigenvalue weighted by Crippen LogP contribution is -2.30. The molecule has 1 rings (SSSR count). The Morgan fingerprint density at radius 3 is 2.62 bits per heavy atom. The summed E-state index contributed by atoms with van der Waals surface area (Å²) in [5.41, 5.74) is 0.965. The summed E-state index contributed by atoms with van der Waals surface area (Å²) in [6, 6.07) is 9.45. The van der Waals surface area contributed by atoms with E-state index in [-0.39, 0.29) is 0 Å². The number of carbonyl (C=O) groups is 1. The summed E-state index contributed by atoms with van der Waals surface area (Å²) in [6.45, 7) is 7.80. The summed E-state index contributed by atoms with van der Waals surface area (Å²) < 4.78 is 0. The molecule has 0 heterocycles. The van der Waals surface area contributed by atoms with Crippen LogP contribution in [0.5, 0.6) is 0 Å². The number of nitrogens with zero attached hydrogens (tertiary/aromatic N) is 2. The van der Waals surface area contributed by atoms with Crippen LogP contribution in [0.15, 0.2) is 30.3 Å². The first-order valence-electron chi connectivity index (χ1n) is 5.09. The molecular weight excluding hydrogens is 204 g/mol. The number of hydrogen-bond acceptors (Lipinski definition) is 1. The first kappa shape index (κ1) is 12.1. The zero-order valence-electron chi connectivity index (χ0n) is 8.97. The molecule has 0 atom stereocenters. The highest BCUT2D eigenvalue weighted by atomic mass is 16.4. The van der Waals surface area contributed by atoms with Crippen molar-refractivity contribution in [3.05, 3.63) is 47.3 Å². The standard InChI is InChI=1S/C12H14N2O2/c1-13-8-5-9-14(12(15)16)10-11-6-3-2-4-7-11/h2-4,6-7H,5,8-10H2,(H,15,16). The molecule has 0 bridgehead atoms.